The molecule has 0 saturated heterocycles. The highest BCUT2D eigenvalue weighted by atomic mass is 35.5. The van der Waals surface area contributed by atoms with Crippen LogP contribution in [0.5, 0.6) is 0 Å². The van der Waals surface area contributed by atoms with Crippen LogP contribution in [0.2, 0.25) is 5.02 Å². The summed E-state index contributed by atoms with van der Waals surface area (Å²) in [6.07, 6.45) is -3.33. The van der Waals surface area contributed by atoms with Crippen molar-refractivity contribution in [2.24, 2.45) is 0 Å². The minimum absolute atomic E-state index is 0.0250. The van der Waals surface area contributed by atoms with Crippen molar-refractivity contribution >= 4 is 38.9 Å². The SMILES string of the molecule is COC(=O)CCCc1ccc(C(CCCCC(F)(F)F)NS(=O)(=O)c2ccc(Cl)cc2)s1. The van der Waals surface area contributed by atoms with Gasteiger partial charge in [-0.05, 0) is 62.1 Å². The molecule has 2 rings (SSSR count). The Hall–Kier alpha value is -1.62. The van der Waals surface area contributed by atoms with E-state index in [0.29, 0.717) is 22.7 Å². The molecule has 0 bridgehead atoms. The molecule has 32 heavy (non-hydrogen) atoms. The van der Waals surface area contributed by atoms with Gasteiger partial charge in [-0.1, -0.05) is 18.0 Å². The first-order valence-corrected chi connectivity index (χ1v) is 12.7. The Morgan fingerprint density at radius 3 is 2.44 bits per heavy atom. The largest absolute Gasteiger partial charge is 0.469 e. The molecule has 1 unspecified atom stereocenters. The number of aryl methyl sites for hydroxylation is 1. The molecule has 0 radical (unpaired) electrons. The first kappa shape index (κ1) is 26.6. The summed E-state index contributed by atoms with van der Waals surface area (Å²) in [4.78, 5) is 13.0. The molecule has 1 heterocycles. The third kappa shape index (κ3) is 9.09. The van der Waals surface area contributed by atoms with E-state index < -0.39 is 28.7 Å². The van der Waals surface area contributed by atoms with Crippen molar-refractivity contribution in [3.63, 3.8) is 0 Å². The monoisotopic (exact) mass is 511 g/mol. The smallest absolute Gasteiger partial charge is 0.389 e. The van der Waals surface area contributed by atoms with Crippen molar-refractivity contribution in [2.75, 3.05) is 7.11 Å². The van der Waals surface area contributed by atoms with Gasteiger partial charge < -0.3 is 4.74 Å². The molecule has 0 aliphatic heterocycles. The zero-order chi connectivity index (χ0) is 23.8. The van der Waals surface area contributed by atoms with E-state index in [1.165, 1.54) is 42.7 Å². The molecule has 178 valence electrons. The highest BCUT2D eigenvalue weighted by molar-refractivity contribution is 7.89. The van der Waals surface area contributed by atoms with E-state index in [1.807, 2.05) is 6.07 Å². The molecule has 5 nitrogen and oxygen atoms in total. The number of carbonyl (C=O) groups excluding carboxylic acids is 1. The first-order valence-electron chi connectivity index (χ1n) is 10.0. The number of carbonyl (C=O) groups is 1. The van der Waals surface area contributed by atoms with Gasteiger partial charge in [0.05, 0.1) is 18.0 Å². The summed E-state index contributed by atoms with van der Waals surface area (Å²) in [5.74, 6) is -0.306. The van der Waals surface area contributed by atoms with Crippen LogP contribution in [0.15, 0.2) is 41.3 Å². The molecule has 0 aliphatic carbocycles. The van der Waals surface area contributed by atoms with Gasteiger partial charge in [0, 0.05) is 27.6 Å². The summed E-state index contributed by atoms with van der Waals surface area (Å²) in [5, 5.41) is 0.391. The van der Waals surface area contributed by atoms with Gasteiger partial charge in [0.25, 0.3) is 0 Å². The van der Waals surface area contributed by atoms with Crippen molar-refractivity contribution in [1.82, 2.24) is 4.72 Å². The number of hydrogen-bond acceptors (Lipinski definition) is 5. The molecular weight excluding hydrogens is 487 g/mol. The number of methoxy groups -OCH3 is 1. The predicted molar refractivity (Wildman–Crippen MR) is 118 cm³/mol. The molecule has 0 amide bonds. The fourth-order valence-electron chi connectivity index (χ4n) is 3.03. The maximum atomic E-state index is 12.8. The molecule has 0 aliphatic rings. The van der Waals surface area contributed by atoms with Crippen molar-refractivity contribution in [3.8, 4) is 0 Å². The lowest BCUT2D eigenvalue weighted by molar-refractivity contribution is -0.140. The van der Waals surface area contributed by atoms with Gasteiger partial charge in [-0.15, -0.1) is 11.3 Å². The fourth-order valence-corrected chi connectivity index (χ4v) is 5.62. The second-order valence-corrected chi connectivity index (χ2v) is 10.6. The number of alkyl halides is 3. The van der Waals surface area contributed by atoms with Gasteiger partial charge in [0.15, 0.2) is 0 Å². The van der Waals surface area contributed by atoms with Gasteiger partial charge in [-0.25, -0.2) is 13.1 Å². The van der Waals surface area contributed by atoms with E-state index >= 15 is 0 Å². The quantitative estimate of drug-likeness (QED) is 0.278. The molecule has 1 atom stereocenters. The first-order chi connectivity index (χ1) is 15.0. The van der Waals surface area contributed by atoms with Crippen LogP contribution in [-0.4, -0.2) is 27.7 Å². The zero-order valence-electron chi connectivity index (χ0n) is 17.5. The Morgan fingerprint density at radius 1 is 1.12 bits per heavy atom. The lowest BCUT2D eigenvalue weighted by atomic mass is 10.1. The number of hydrogen-bond donors (Lipinski definition) is 1. The number of esters is 1. The van der Waals surface area contributed by atoms with Gasteiger partial charge in [-0.2, -0.15) is 13.2 Å². The van der Waals surface area contributed by atoms with Gasteiger partial charge in [0.2, 0.25) is 10.0 Å². The number of unbranched alkanes of at least 4 members (excludes halogenated alkanes) is 1. The highest BCUT2D eigenvalue weighted by Crippen LogP contribution is 2.31. The number of benzene rings is 1. The molecule has 0 spiro atoms. The Balaban J connectivity index is 2.11. The number of ether oxygens (including phenoxy) is 1. The maximum absolute atomic E-state index is 12.8. The fraction of sp³-hybridized carbons (Fsp3) is 0.476. The van der Waals surface area contributed by atoms with E-state index in [0.717, 1.165) is 4.88 Å². The second kappa shape index (κ2) is 12.0. The van der Waals surface area contributed by atoms with Crippen LogP contribution in [0.1, 0.15) is 54.3 Å². The third-order valence-corrected chi connectivity index (χ3v) is 7.68. The Bertz CT molecular complexity index is 976. The highest BCUT2D eigenvalue weighted by Gasteiger charge is 2.27. The van der Waals surface area contributed by atoms with Gasteiger partial charge >= 0.3 is 12.1 Å². The van der Waals surface area contributed by atoms with Crippen LogP contribution in [0, 0.1) is 0 Å². The standard InChI is InChI=1S/C21H25ClF3NO4S2/c1-30-20(27)7-4-5-16-10-13-19(31-16)18(6-2-3-14-21(23,24)25)26-32(28,29)17-11-8-15(22)9-12-17/h8-13,18,26H,2-7,14H2,1H3. The third-order valence-electron chi connectivity index (χ3n) is 4.68. The van der Waals surface area contributed by atoms with Gasteiger partial charge in [-0.3, -0.25) is 4.79 Å². The van der Waals surface area contributed by atoms with Crippen molar-refractivity contribution in [2.45, 2.75) is 62.1 Å². The average Bonchev–Trinajstić information content (AvgIpc) is 3.18. The Labute approximate surface area is 195 Å². The summed E-state index contributed by atoms with van der Waals surface area (Å²) in [7, 11) is -2.58. The topological polar surface area (TPSA) is 72.5 Å². The molecule has 1 aromatic heterocycles. The summed E-state index contributed by atoms with van der Waals surface area (Å²) in [5.41, 5.74) is 0. The summed E-state index contributed by atoms with van der Waals surface area (Å²) in [6, 6.07) is 8.62. The van der Waals surface area contributed by atoms with Crippen LogP contribution in [-0.2, 0) is 26.0 Å². The number of halogens is 4. The maximum Gasteiger partial charge on any atom is 0.389 e. The van der Waals surface area contributed by atoms with E-state index in [9.17, 15) is 26.4 Å². The lowest BCUT2D eigenvalue weighted by Crippen LogP contribution is -2.28. The van der Waals surface area contributed by atoms with Crippen molar-refractivity contribution in [3.05, 3.63) is 51.2 Å². The van der Waals surface area contributed by atoms with Crippen molar-refractivity contribution in [1.29, 1.82) is 0 Å². The van der Waals surface area contributed by atoms with E-state index in [2.05, 4.69) is 9.46 Å². The van der Waals surface area contributed by atoms with Gasteiger partial charge in [0.1, 0.15) is 0 Å². The molecule has 0 fully saturated rings. The van der Waals surface area contributed by atoms with Crippen LogP contribution in [0.4, 0.5) is 13.2 Å². The molecule has 1 aromatic carbocycles. The Morgan fingerprint density at radius 2 is 1.81 bits per heavy atom. The summed E-state index contributed by atoms with van der Waals surface area (Å²) < 4.78 is 70.3. The van der Waals surface area contributed by atoms with Crippen LogP contribution < -0.4 is 4.72 Å². The van der Waals surface area contributed by atoms with E-state index in [4.69, 9.17) is 11.6 Å². The summed E-state index contributed by atoms with van der Waals surface area (Å²) >= 11 is 7.20. The van der Waals surface area contributed by atoms with E-state index in [1.54, 1.807) is 6.07 Å². The molecule has 0 saturated carbocycles. The normalized spacial score (nSPS) is 13.2. The molecule has 1 N–H and O–H groups in total. The molecule has 2 aromatic rings. The Kier molecular flexibility index (Phi) is 10.00. The zero-order valence-corrected chi connectivity index (χ0v) is 19.8. The van der Waals surface area contributed by atoms with Crippen molar-refractivity contribution < 1.29 is 31.1 Å². The second-order valence-electron chi connectivity index (χ2n) is 7.22. The number of sulfonamides is 1. The summed E-state index contributed by atoms with van der Waals surface area (Å²) in [6.45, 7) is 0. The van der Waals surface area contributed by atoms with Crippen LogP contribution >= 0.6 is 22.9 Å². The minimum Gasteiger partial charge on any atom is -0.469 e. The predicted octanol–water partition coefficient (Wildman–Crippen LogP) is 6.04. The minimum atomic E-state index is -4.24. The van der Waals surface area contributed by atoms with Crippen LogP contribution in [0.3, 0.4) is 0 Å². The lowest BCUT2D eigenvalue weighted by Gasteiger charge is -2.18. The number of thiophene rings is 1. The number of nitrogens with one attached hydrogen (secondary N) is 1. The average molecular weight is 512 g/mol. The molecular formula is C21H25ClF3NO4S2. The van der Waals surface area contributed by atoms with Crippen LogP contribution in [0.25, 0.3) is 0 Å². The molecule has 11 heteroatoms. The number of rotatable bonds is 12. The van der Waals surface area contributed by atoms with E-state index in [-0.39, 0.29) is 36.5 Å².